The van der Waals surface area contributed by atoms with Crippen molar-refractivity contribution in [2.24, 2.45) is 5.92 Å². The number of hydrogen-bond acceptors (Lipinski definition) is 5. The molecule has 0 saturated heterocycles. The molecule has 0 fully saturated rings. The Kier molecular flexibility index (Phi) is 7.09. The zero-order valence-electron chi connectivity index (χ0n) is 17.1. The normalized spacial score (nSPS) is 11.9. The maximum Gasteiger partial charge on any atom is 0.170 e. The van der Waals surface area contributed by atoms with Gasteiger partial charge >= 0.3 is 0 Å². The number of carbonyl (C=O) groups is 1. The summed E-state index contributed by atoms with van der Waals surface area (Å²) in [5.74, 6) is 1.23. The van der Waals surface area contributed by atoms with Crippen LogP contribution in [0.25, 0.3) is 11.1 Å². The Labute approximate surface area is 172 Å². The van der Waals surface area contributed by atoms with Crippen LogP contribution in [0, 0.1) is 5.92 Å². The molecule has 5 nitrogen and oxygen atoms in total. The molecule has 3 N–H and O–H groups in total. The second kappa shape index (κ2) is 9.94. The fraction of sp³-hybridized carbons (Fsp3) is 0.292. The summed E-state index contributed by atoms with van der Waals surface area (Å²) in [6.45, 7) is 3.16. The Balaban J connectivity index is 1.68. The van der Waals surface area contributed by atoms with Crippen LogP contribution in [-0.2, 0) is 12.8 Å². The average Bonchev–Trinajstić information content (AvgIpc) is 2.75. The summed E-state index contributed by atoms with van der Waals surface area (Å²) in [7, 11) is 1.95. The molecular weight excluding hydrogens is 360 g/mol. The Morgan fingerprint density at radius 1 is 1.07 bits per heavy atom. The maximum absolute atomic E-state index is 12.7. The van der Waals surface area contributed by atoms with Gasteiger partial charge in [0.15, 0.2) is 5.78 Å². The first-order valence-electron chi connectivity index (χ1n) is 9.99. The highest BCUT2D eigenvalue weighted by atomic mass is 16.1. The van der Waals surface area contributed by atoms with Crippen LogP contribution in [0.4, 0.5) is 5.69 Å². The van der Waals surface area contributed by atoms with Gasteiger partial charge in [0.1, 0.15) is 5.82 Å². The topological polar surface area (TPSA) is 80.9 Å². The molecule has 0 radical (unpaired) electrons. The summed E-state index contributed by atoms with van der Waals surface area (Å²) in [5.41, 5.74) is 10.2. The second-order valence-corrected chi connectivity index (χ2v) is 7.47. The van der Waals surface area contributed by atoms with E-state index in [1.54, 1.807) is 12.4 Å². The molecule has 0 spiro atoms. The van der Waals surface area contributed by atoms with Gasteiger partial charge in [-0.15, -0.1) is 0 Å². The van der Waals surface area contributed by atoms with Crippen LogP contribution in [0.15, 0.2) is 60.9 Å². The first-order chi connectivity index (χ1) is 14.1. The van der Waals surface area contributed by atoms with E-state index in [2.05, 4.69) is 22.2 Å². The van der Waals surface area contributed by atoms with Crippen LogP contribution in [0.5, 0.6) is 0 Å². The number of aromatic nitrogens is 2. The quantitative estimate of drug-likeness (QED) is 0.429. The van der Waals surface area contributed by atoms with Gasteiger partial charge in [0, 0.05) is 30.9 Å². The van der Waals surface area contributed by atoms with Crippen molar-refractivity contribution in [1.29, 1.82) is 0 Å². The lowest BCUT2D eigenvalue weighted by atomic mass is 9.98. The first kappa shape index (κ1) is 20.7. The third-order valence-electron chi connectivity index (χ3n) is 5.05. The van der Waals surface area contributed by atoms with E-state index >= 15 is 0 Å². The van der Waals surface area contributed by atoms with E-state index in [4.69, 9.17) is 5.73 Å². The smallest absolute Gasteiger partial charge is 0.170 e. The number of anilines is 1. The first-order valence-corrected chi connectivity index (χ1v) is 9.99. The van der Waals surface area contributed by atoms with E-state index in [1.165, 1.54) is 0 Å². The van der Waals surface area contributed by atoms with Gasteiger partial charge in [-0.05, 0) is 54.8 Å². The summed E-state index contributed by atoms with van der Waals surface area (Å²) < 4.78 is 0. The molecule has 1 unspecified atom stereocenters. The van der Waals surface area contributed by atoms with Crippen molar-refractivity contribution in [3.05, 3.63) is 77.9 Å². The number of nitrogens with two attached hydrogens (primary N) is 1. The van der Waals surface area contributed by atoms with Crippen LogP contribution < -0.4 is 11.1 Å². The standard InChI is InChI=1S/C24H28N4O/c1-17(10-11-26-2)12-24-27-15-21(16-28-24)23(29)14-20-13-19(8-9-22(20)25)18-6-4-3-5-7-18/h3-9,13,15-17,26H,10-12,14,25H2,1-2H3. The van der Waals surface area contributed by atoms with Crippen LogP contribution >= 0.6 is 0 Å². The van der Waals surface area contributed by atoms with Crippen molar-refractivity contribution in [2.45, 2.75) is 26.2 Å². The predicted octanol–water partition coefficient (Wildman–Crippen LogP) is 3.94. The summed E-state index contributed by atoms with van der Waals surface area (Å²) in [4.78, 5) is 21.5. The van der Waals surface area contributed by atoms with E-state index < -0.39 is 0 Å². The molecule has 150 valence electrons. The van der Waals surface area contributed by atoms with Crippen molar-refractivity contribution in [3.63, 3.8) is 0 Å². The predicted molar refractivity (Wildman–Crippen MR) is 118 cm³/mol. The third kappa shape index (κ3) is 5.72. The van der Waals surface area contributed by atoms with Gasteiger partial charge in [-0.2, -0.15) is 0 Å². The second-order valence-electron chi connectivity index (χ2n) is 7.47. The Morgan fingerprint density at radius 3 is 2.48 bits per heavy atom. The van der Waals surface area contributed by atoms with E-state index in [9.17, 15) is 4.79 Å². The number of nitrogens with one attached hydrogen (secondary N) is 1. The molecule has 1 heterocycles. The summed E-state index contributed by atoms with van der Waals surface area (Å²) >= 11 is 0. The largest absolute Gasteiger partial charge is 0.398 e. The molecule has 0 aliphatic rings. The molecule has 0 aliphatic carbocycles. The number of nitrogens with zero attached hydrogens (tertiary/aromatic N) is 2. The minimum absolute atomic E-state index is 0.0308. The van der Waals surface area contributed by atoms with E-state index in [0.717, 1.165) is 41.9 Å². The minimum Gasteiger partial charge on any atom is -0.398 e. The number of rotatable bonds is 9. The van der Waals surface area contributed by atoms with E-state index in [0.29, 0.717) is 17.2 Å². The number of benzene rings is 2. The molecule has 5 heteroatoms. The number of Topliss-reactive ketones (excluding diaryl/α,β-unsaturated/α-hetero) is 1. The average molecular weight is 389 g/mol. The molecular formula is C24H28N4O. The lowest BCUT2D eigenvalue weighted by Gasteiger charge is -2.10. The molecule has 0 saturated carbocycles. The van der Waals surface area contributed by atoms with Gasteiger partial charge in [-0.1, -0.05) is 43.3 Å². The Bertz CT molecular complexity index is 939. The molecule has 1 atom stereocenters. The van der Waals surface area contributed by atoms with Crippen molar-refractivity contribution in [2.75, 3.05) is 19.3 Å². The molecule has 3 rings (SSSR count). The van der Waals surface area contributed by atoms with Gasteiger partial charge in [-0.3, -0.25) is 4.79 Å². The molecule has 0 amide bonds. The van der Waals surface area contributed by atoms with Crippen LogP contribution in [0.3, 0.4) is 0 Å². The van der Waals surface area contributed by atoms with E-state index in [1.807, 2.05) is 55.6 Å². The lowest BCUT2D eigenvalue weighted by molar-refractivity contribution is 0.0992. The monoisotopic (exact) mass is 388 g/mol. The molecule has 0 aliphatic heterocycles. The van der Waals surface area contributed by atoms with Crippen LogP contribution in [0.2, 0.25) is 0 Å². The SMILES string of the molecule is CNCCC(C)Cc1ncc(C(=O)Cc2cc(-c3ccccc3)ccc2N)cn1. The summed E-state index contributed by atoms with van der Waals surface area (Å²) in [6, 6.07) is 15.9. The van der Waals surface area contributed by atoms with Gasteiger partial charge in [0.05, 0.1) is 5.56 Å². The number of carbonyl (C=O) groups excluding carboxylic acids is 1. The van der Waals surface area contributed by atoms with Crippen molar-refractivity contribution >= 4 is 11.5 Å². The highest BCUT2D eigenvalue weighted by Crippen LogP contribution is 2.24. The van der Waals surface area contributed by atoms with Crippen molar-refractivity contribution in [1.82, 2.24) is 15.3 Å². The van der Waals surface area contributed by atoms with Crippen molar-refractivity contribution < 1.29 is 4.79 Å². The number of hydrogen-bond donors (Lipinski definition) is 2. The van der Waals surface area contributed by atoms with Gasteiger partial charge < -0.3 is 11.1 Å². The van der Waals surface area contributed by atoms with Crippen LogP contribution in [0.1, 0.15) is 35.1 Å². The highest BCUT2D eigenvalue weighted by molar-refractivity contribution is 5.97. The Hall–Kier alpha value is -3.05. The van der Waals surface area contributed by atoms with Gasteiger partial charge in [0.25, 0.3) is 0 Å². The molecule has 1 aromatic heterocycles. The molecule has 2 aromatic carbocycles. The number of nitrogen functional groups attached to an aromatic ring is 1. The fourth-order valence-electron chi connectivity index (χ4n) is 3.25. The summed E-state index contributed by atoms with van der Waals surface area (Å²) in [5, 5.41) is 3.15. The number of ketones is 1. The molecule has 0 bridgehead atoms. The molecule has 3 aromatic rings. The fourth-order valence-corrected chi connectivity index (χ4v) is 3.25. The molecule has 29 heavy (non-hydrogen) atoms. The van der Waals surface area contributed by atoms with Crippen molar-refractivity contribution in [3.8, 4) is 11.1 Å². The zero-order chi connectivity index (χ0) is 20.6. The minimum atomic E-state index is -0.0308. The maximum atomic E-state index is 12.7. The van der Waals surface area contributed by atoms with E-state index in [-0.39, 0.29) is 12.2 Å². The van der Waals surface area contributed by atoms with Crippen LogP contribution in [-0.4, -0.2) is 29.3 Å². The van der Waals surface area contributed by atoms with Gasteiger partial charge in [0.2, 0.25) is 0 Å². The third-order valence-corrected chi connectivity index (χ3v) is 5.05. The zero-order valence-corrected chi connectivity index (χ0v) is 17.1. The lowest BCUT2D eigenvalue weighted by Crippen LogP contribution is -2.14. The van der Waals surface area contributed by atoms with Gasteiger partial charge in [-0.25, -0.2) is 9.97 Å². The Morgan fingerprint density at radius 2 is 1.79 bits per heavy atom. The highest BCUT2D eigenvalue weighted by Gasteiger charge is 2.13. The summed E-state index contributed by atoms with van der Waals surface area (Å²) in [6.07, 6.45) is 5.37.